The Bertz CT molecular complexity index is 1110. The quantitative estimate of drug-likeness (QED) is 0.631. The van der Waals surface area contributed by atoms with Crippen molar-refractivity contribution in [3.05, 3.63) is 41.9 Å². The molecule has 29 heavy (non-hydrogen) atoms. The van der Waals surface area contributed by atoms with Crippen LogP contribution in [-0.2, 0) is 11.8 Å². The third-order valence-electron chi connectivity index (χ3n) is 4.96. The molecule has 3 heterocycles. The van der Waals surface area contributed by atoms with Crippen LogP contribution in [0.15, 0.2) is 37.1 Å². The van der Waals surface area contributed by atoms with Crippen molar-refractivity contribution in [3.63, 3.8) is 0 Å². The standard InChI is InChI=1S/C20H21N7OS/c1-3-18(28)23-13-6-7-17-16(9-13)25-20(26(17)2)27-8-4-5-14(12-27)24-19-22-11-15(10-21)29-19/h3,6-7,9,11,14H,1,4-5,8,12H2,2H3,(H,22,24)(H,23,28)/t14-/m1/s1. The molecule has 9 heteroatoms. The van der Waals surface area contributed by atoms with E-state index in [0.717, 1.165) is 48.0 Å². The number of anilines is 3. The van der Waals surface area contributed by atoms with Crippen LogP contribution in [0.1, 0.15) is 17.7 Å². The average molecular weight is 408 g/mol. The number of carbonyl (C=O) groups excluding carboxylic acids is 1. The van der Waals surface area contributed by atoms with Gasteiger partial charge in [0.2, 0.25) is 11.9 Å². The second-order valence-corrected chi connectivity index (χ2v) is 7.97. The maximum atomic E-state index is 11.6. The second kappa shape index (κ2) is 7.93. The summed E-state index contributed by atoms with van der Waals surface area (Å²) >= 11 is 1.37. The number of nitrogens with one attached hydrogen (secondary N) is 2. The Hall–Kier alpha value is -3.38. The highest BCUT2D eigenvalue weighted by Gasteiger charge is 2.24. The smallest absolute Gasteiger partial charge is 0.247 e. The van der Waals surface area contributed by atoms with Gasteiger partial charge in [0.15, 0.2) is 5.13 Å². The van der Waals surface area contributed by atoms with Gasteiger partial charge in [0.25, 0.3) is 0 Å². The van der Waals surface area contributed by atoms with Crippen molar-refractivity contribution in [1.82, 2.24) is 14.5 Å². The van der Waals surface area contributed by atoms with Gasteiger partial charge in [-0.3, -0.25) is 4.79 Å². The number of amides is 1. The number of nitriles is 1. The molecule has 4 rings (SSSR count). The van der Waals surface area contributed by atoms with E-state index in [1.54, 1.807) is 6.20 Å². The summed E-state index contributed by atoms with van der Waals surface area (Å²) in [5.74, 6) is 0.655. The molecule has 1 saturated heterocycles. The lowest BCUT2D eigenvalue weighted by atomic mass is 10.1. The van der Waals surface area contributed by atoms with Crippen LogP contribution < -0.4 is 15.5 Å². The first-order chi connectivity index (χ1) is 14.1. The van der Waals surface area contributed by atoms with Crippen LogP contribution >= 0.6 is 11.3 Å². The predicted molar refractivity (Wildman–Crippen MR) is 115 cm³/mol. The Labute approximate surface area is 172 Å². The van der Waals surface area contributed by atoms with Crippen LogP contribution in [-0.4, -0.2) is 39.6 Å². The van der Waals surface area contributed by atoms with Gasteiger partial charge in [-0.15, -0.1) is 0 Å². The molecule has 0 saturated carbocycles. The number of rotatable bonds is 5. The van der Waals surface area contributed by atoms with Crippen molar-refractivity contribution in [2.75, 3.05) is 28.6 Å². The van der Waals surface area contributed by atoms with Crippen molar-refractivity contribution in [3.8, 4) is 6.07 Å². The van der Waals surface area contributed by atoms with Gasteiger partial charge in [-0.05, 0) is 37.1 Å². The molecule has 0 spiro atoms. The zero-order valence-electron chi connectivity index (χ0n) is 16.1. The maximum Gasteiger partial charge on any atom is 0.247 e. The Morgan fingerprint density at radius 1 is 1.48 bits per heavy atom. The first kappa shape index (κ1) is 19.0. The van der Waals surface area contributed by atoms with Gasteiger partial charge in [0.1, 0.15) is 10.9 Å². The Balaban J connectivity index is 1.53. The van der Waals surface area contributed by atoms with Crippen LogP contribution in [0.3, 0.4) is 0 Å². The van der Waals surface area contributed by atoms with E-state index in [1.807, 2.05) is 25.2 Å². The minimum Gasteiger partial charge on any atom is -0.357 e. The van der Waals surface area contributed by atoms with E-state index in [-0.39, 0.29) is 11.9 Å². The lowest BCUT2D eigenvalue weighted by molar-refractivity contribution is -0.111. The fraction of sp³-hybridized carbons (Fsp3) is 0.300. The fourth-order valence-corrected chi connectivity index (χ4v) is 4.28. The van der Waals surface area contributed by atoms with Gasteiger partial charge in [0.05, 0.1) is 17.2 Å². The van der Waals surface area contributed by atoms with Gasteiger partial charge in [-0.25, -0.2) is 9.97 Å². The van der Waals surface area contributed by atoms with Crippen molar-refractivity contribution in [1.29, 1.82) is 5.26 Å². The largest absolute Gasteiger partial charge is 0.357 e. The Morgan fingerprint density at radius 2 is 2.34 bits per heavy atom. The predicted octanol–water partition coefficient (Wildman–Crippen LogP) is 3.11. The van der Waals surface area contributed by atoms with Crippen molar-refractivity contribution in [2.24, 2.45) is 7.05 Å². The molecule has 148 valence electrons. The Kier molecular flexibility index (Phi) is 5.18. The lowest BCUT2D eigenvalue weighted by Gasteiger charge is -2.33. The summed E-state index contributed by atoms with van der Waals surface area (Å²) in [7, 11) is 2.00. The molecular weight excluding hydrogens is 386 g/mol. The molecule has 0 aliphatic carbocycles. The van der Waals surface area contributed by atoms with Gasteiger partial charge < -0.3 is 20.1 Å². The molecule has 8 nitrogen and oxygen atoms in total. The van der Waals surface area contributed by atoms with Gasteiger partial charge >= 0.3 is 0 Å². The van der Waals surface area contributed by atoms with Crippen LogP contribution in [0.25, 0.3) is 11.0 Å². The minimum absolute atomic E-state index is 0.240. The summed E-state index contributed by atoms with van der Waals surface area (Å²) in [5.41, 5.74) is 2.53. The fourth-order valence-electron chi connectivity index (χ4n) is 3.58. The van der Waals surface area contributed by atoms with E-state index < -0.39 is 0 Å². The summed E-state index contributed by atoms with van der Waals surface area (Å²) in [6.45, 7) is 5.21. The molecule has 1 fully saturated rings. The first-order valence-corrected chi connectivity index (χ1v) is 10.2. The number of aryl methyl sites for hydroxylation is 1. The van der Waals surface area contributed by atoms with E-state index in [9.17, 15) is 4.79 Å². The third-order valence-corrected chi connectivity index (χ3v) is 5.79. The average Bonchev–Trinajstić information content (AvgIpc) is 3.32. The van der Waals surface area contributed by atoms with Crippen molar-refractivity contribution < 1.29 is 4.79 Å². The van der Waals surface area contributed by atoms with Crippen LogP contribution in [0, 0.1) is 11.3 Å². The number of hydrogen-bond donors (Lipinski definition) is 2. The topological polar surface area (TPSA) is 98.9 Å². The summed E-state index contributed by atoms with van der Waals surface area (Å²) in [6, 6.07) is 8.06. The van der Waals surface area contributed by atoms with Gasteiger partial charge in [-0.2, -0.15) is 5.26 Å². The number of carbonyl (C=O) groups is 1. The van der Waals surface area contributed by atoms with Crippen molar-refractivity contribution in [2.45, 2.75) is 18.9 Å². The highest BCUT2D eigenvalue weighted by molar-refractivity contribution is 7.16. The van der Waals surface area contributed by atoms with Gasteiger partial charge in [-0.1, -0.05) is 17.9 Å². The van der Waals surface area contributed by atoms with Crippen LogP contribution in [0.5, 0.6) is 0 Å². The summed E-state index contributed by atoms with van der Waals surface area (Å²) in [4.78, 5) is 23.5. The number of imidazole rings is 1. The van der Waals surface area contributed by atoms with E-state index in [1.165, 1.54) is 17.4 Å². The number of piperidine rings is 1. The third kappa shape index (κ3) is 3.93. The zero-order valence-corrected chi connectivity index (χ0v) is 16.9. The molecule has 1 aromatic carbocycles. The number of thiazole rings is 1. The number of nitrogens with zero attached hydrogens (tertiary/aromatic N) is 5. The van der Waals surface area contributed by atoms with Gasteiger partial charge in [0, 0.05) is 31.9 Å². The molecule has 1 aliphatic rings. The Morgan fingerprint density at radius 3 is 3.10 bits per heavy atom. The maximum absolute atomic E-state index is 11.6. The molecule has 1 amide bonds. The second-order valence-electron chi connectivity index (χ2n) is 6.94. The summed E-state index contributed by atoms with van der Waals surface area (Å²) in [5, 5.41) is 16.0. The highest BCUT2D eigenvalue weighted by Crippen LogP contribution is 2.27. The summed E-state index contributed by atoms with van der Waals surface area (Å²) < 4.78 is 2.08. The van der Waals surface area contributed by atoms with Crippen LogP contribution in [0.2, 0.25) is 0 Å². The summed E-state index contributed by atoms with van der Waals surface area (Å²) in [6.07, 6.45) is 4.93. The number of aromatic nitrogens is 3. The molecule has 0 radical (unpaired) electrons. The van der Waals surface area contributed by atoms with E-state index >= 15 is 0 Å². The number of fused-ring (bicyclic) bond motifs is 1. The monoisotopic (exact) mass is 407 g/mol. The van der Waals surface area contributed by atoms with Crippen molar-refractivity contribution >= 4 is 45.0 Å². The van der Waals surface area contributed by atoms with Crippen LogP contribution in [0.4, 0.5) is 16.8 Å². The number of benzene rings is 1. The molecule has 2 N–H and O–H groups in total. The normalized spacial score (nSPS) is 16.4. The SMILES string of the molecule is C=CC(=O)Nc1ccc2c(c1)nc(N1CCC[C@@H](Nc3ncc(C#N)s3)C1)n2C. The number of hydrogen-bond acceptors (Lipinski definition) is 7. The first-order valence-electron chi connectivity index (χ1n) is 9.34. The molecule has 0 bridgehead atoms. The molecule has 1 atom stereocenters. The molecule has 3 aromatic rings. The van der Waals surface area contributed by atoms with E-state index in [0.29, 0.717) is 10.6 Å². The molecule has 1 aliphatic heterocycles. The zero-order chi connectivity index (χ0) is 20.4. The van der Waals surface area contributed by atoms with E-state index in [4.69, 9.17) is 10.2 Å². The molecule has 0 unspecified atom stereocenters. The lowest BCUT2D eigenvalue weighted by Crippen LogP contribution is -2.43. The minimum atomic E-state index is -0.243. The van der Waals surface area contributed by atoms with E-state index in [2.05, 4.69) is 37.7 Å². The molecular formula is C20H21N7OS. The molecule has 2 aromatic heterocycles. The highest BCUT2D eigenvalue weighted by atomic mass is 32.1.